The molecule has 0 spiro atoms. The summed E-state index contributed by atoms with van der Waals surface area (Å²) in [6.07, 6.45) is 1.68. The number of ether oxygens (including phenoxy) is 1. The molecule has 0 N–H and O–H groups in total. The number of hydrogen-bond acceptors (Lipinski definition) is 2. The Kier molecular flexibility index (Phi) is 3.95. The summed E-state index contributed by atoms with van der Waals surface area (Å²) in [5, 5.41) is 0. The summed E-state index contributed by atoms with van der Waals surface area (Å²) in [5.41, 5.74) is 1.31. The second-order valence-corrected chi connectivity index (χ2v) is 5.09. The fourth-order valence-electron chi connectivity index (χ4n) is 2.46. The number of ketones is 1. The van der Waals surface area contributed by atoms with Gasteiger partial charge < -0.3 is 4.74 Å². The van der Waals surface area contributed by atoms with Crippen molar-refractivity contribution in [1.82, 2.24) is 0 Å². The van der Waals surface area contributed by atoms with Crippen molar-refractivity contribution in [1.29, 1.82) is 0 Å². The normalized spacial score (nSPS) is 24.4. The highest BCUT2D eigenvalue weighted by molar-refractivity contribution is 5.85. The zero-order chi connectivity index (χ0) is 12.3. The lowest BCUT2D eigenvalue weighted by Gasteiger charge is -2.08. The number of carbonyl (C=O) groups is 1. The Morgan fingerprint density at radius 2 is 2.12 bits per heavy atom. The van der Waals surface area contributed by atoms with E-state index in [9.17, 15) is 4.79 Å². The van der Waals surface area contributed by atoms with Gasteiger partial charge in [0.25, 0.3) is 0 Å². The summed E-state index contributed by atoms with van der Waals surface area (Å²) >= 11 is 0. The van der Waals surface area contributed by atoms with E-state index in [2.05, 4.69) is 19.1 Å². The van der Waals surface area contributed by atoms with Gasteiger partial charge in [-0.25, -0.2) is 0 Å². The number of methoxy groups -OCH3 is 1. The van der Waals surface area contributed by atoms with Gasteiger partial charge in [-0.15, -0.1) is 0 Å². The van der Waals surface area contributed by atoms with Gasteiger partial charge in [-0.05, 0) is 23.8 Å². The molecule has 1 fully saturated rings. The van der Waals surface area contributed by atoms with Gasteiger partial charge in [0, 0.05) is 26.1 Å². The molecule has 2 rings (SSSR count). The van der Waals surface area contributed by atoms with Crippen molar-refractivity contribution in [3.8, 4) is 0 Å². The lowest BCUT2D eigenvalue weighted by Crippen LogP contribution is -2.12. The van der Waals surface area contributed by atoms with Crippen LogP contribution >= 0.6 is 0 Å². The molecule has 17 heavy (non-hydrogen) atoms. The van der Waals surface area contributed by atoms with E-state index in [0.29, 0.717) is 30.6 Å². The molecule has 3 unspecified atom stereocenters. The first kappa shape index (κ1) is 12.3. The summed E-state index contributed by atoms with van der Waals surface area (Å²) in [7, 11) is 1.69. The highest BCUT2D eigenvalue weighted by Crippen LogP contribution is 2.48. The molecule has 1 aromatic rings. The van der Waals surface area contributed by atoms with Crippen LogP contribution < -0.4 is 0 Å². The zero-order valence-electron chi connectivity index (χ0n) is 10.6. The van der Waals surface area contributed by atoms with Crippen molar-refractivity contribution in [3.63, 3.8) is 0 Å². The van der Waals surface area contributed by atoms with E-state index in [-0.39, 0.29) is 5.92 Å². The molecule has 3 atom stereocenters. The molecule has 1 aliphatic rings. The van der Waals surface area contributed by atoms with Crippen molar-refractivity contribution in [3.05, 3.63) is 35.9 Å². The average Bonchev–Trinajstić information content (AvgIpc) is 3.10. The van der Waals surface area contributed by atoms with E-state index < -0.39 is 0 Å². The van der Waals surface area contributed by atoms with E-state index in [0.717, 1.165) is 6.42 Å². The van der Waals surface area contributed by atoms with Crippen molar-refractivity contribution in [2.75, 3.05) is 13.7 Å². The Balaban J connectivity index is 1.84. The molecule has 0 saturated heterocycles. The standard InChI is InChI=1S/C15H20O2/c1-11(10-17-2)8-15(16)14-9-13(14)12-6-4-3-5-7-12/h3-7,11,13-14H,8-10H2,1-2H3. The first-order valence-corrected chi connectivity index (χ1v) is 6.29. The maximum Gasteiger partial charge on any atom is 0.136 e. The highest BCUT2D eigenvalue weighted by atomic mass is 16.5. The second kappa shape index (κ2) is 5.46. The molecular weight excluding hydrogens is 212 g/mol. The Hall–Kier alpha value is -1.15. The molecule has 1 saturated carbocycles. The Morgan fingerprint density at radius 1 is 1.41 bits per heavy atom. The summed E-state index contributed by atoms with van der Waals surface area (Å²) in [5.74, 6) is 1.48. The summed E-state index contributed by atoms with van der Waals surface area (Å²) in [6.45, 7) is 2.75. The van der Waals surface area contributed by atoms with Gasteiger partial charge in [-0.3, -0.25) is 4.79 Å². The highest BCUT2D eigenvalue weighted by Gasteiger charge is 2.43. The maximum atomic E-state index is 12.0. The predicted molar refractivity (Wildman–Crippen MR) is 68.0 cm³/mol. The molecular formula is C15H20O2. The maximum absolute atomic E-state index is 12.0. The first-order valence-electron chi connectivity index (χ1n) is 6.29. The van der Waals surface area contributed by atoms with Crippen LogP contribution in [0.2, 0.25) is 0 Å². The van der Waals surface area contributed by atoms with E-state index in [1.54, 1.807) is 7.11 Å². The van der Waals surface area contributed by atoms with Gasteiger partial charge in [0.15, 0.2) is 0 Å². The molecule has 0 amide bonds. The van der Waals surface area contributed by atoms with Crippen LogP contribution in [0.1, 0.15) is 31.2 Å². The molecule has 0 heterocycles. The quantitative estimate of drug-likeness (QED) is 0.753. The largest absolute Gasteiger partial charge is 0.384 e. The van der Waals surface area contributed by atoms with Gasteiger partial charge in [0.1, 0.15) is 5.78 Å². The number of Topliss-reactive ketones (excluding diaryl/α,β-unsaturated/α-hetero) is 1. The fourth-order valence-corrected chi connectivity index (χ4v) is 2.46. The molecule has 1 aliphatic carbocycles. The van der Waals surface area contributed by atoms with Crippen LogP contribution in [-0.4, -0.2) is 19.5 Å². The minimum atomic E-state index is 0.261. The lowest BCUT2D eigenvalue weighted by molar-refractivity contribution is -0.121. The van der Waals surface area contributed by atoms with Crippen LogP contribution in [0.15, 0.2) is 30.3 Å². The molecule has 0 aliphatic heterocycles. The summed E-state index contributed by atoms with van der Waals surface area (Å²) in [4.78, 5) is 12.0. The van der Waals surface area contributed by atoms with E-state index >= 15 is 0 Å². The Morgan fingerprint density at radius 3 is 2.76 bits per heavy atom. The monoisotopic (exact) mass is 232 g/mol. The third-order valence-electron chi connectivity index (χ3n) is 3.43. The summed E-state index contributed by atoms with van der Waals surface area (Å²) < 4.78 is 5.06. The number of hydrogen-bond donors (Lipinski definition) is 0. The van der Waals surface area contributed by atoms with Crippen LogP contribution in [-0.2, 0) is 9.53 Å². The number of rotatable bonds is 6. The van der Waals surface area contributed by atoms with Crippen molar-refractivity contribution in [2.24, 2.45) is 11.8 Å². The predicted octanol–water partition coefficient (Wildman–Crippen LogP) is 3.03. The van der Waals surface area contributed by atoms with Crippen LogP contribution in [0.25, 0.3) is 0 Å². The third-order valence-corrected chi connectivity index (χ3v) is 3.43. The molecule has 92 valence electrons. The smallest absolute Gasteiger partial charge is 0.136 e. The Labute approximate surface area is 103 Å². The van der Waals surface area contributed by atoms with Gasteiger partial charge in [0.05, 0.1) is 0 Å². The first-order chi connectivity index (χ1) is 8.22. The summed E-state index contributed by atoms with van der Waals surface area (Å²) in [6, 6.07) is 10.3. The van der Waals surface area contributed by atoms with E-state index in [1.165, 1.54) is 5.56 Å². The SMILES string of the molecule is COCC(C)CC(=O)C1CC1c1ccccc1. The van der Waals surface area contributed by atoms with Gasteiger partial charge in [-0.1, -0.05) is 37.3 Å². The molecule has 1 aromatic carbocycles. The van der Waals surface area contributed by atoms with Gasteiger partial charge in [-0.2, -0.15) is 0 Å². The zero-order valence-corrected chi connectivity index (χ0v) is 10.6. The van der Waals surface area contributed by atoms with Gasteiger partial charge in [0.2, 0.25) is 0 Å². The second-order valence-electron chi connectivity index (χ2n) is 5.09. The van der Waals surface area contributed by atoms with E-state index in [1.807, 2.05) is 18.2 Å². The number of benzene rings is 1. The van der Waals surface area contributed by atoms with Crippen LogP contribution in [0.3, 0.4) is 0 Å². The van der Waals surface area contributed by atoms with Gasteiger partial charge >= 0.3 is 0 Å². The lowest BCUT2D eigenvalue weighted by atomic mass is 10.0. The molecule has 0 aromatic heterocycles. The minimum Gasteiger partial charge on any atom is -0.384 e. The number of carbonyl (C=O) groups excluding carboxylic acids is 1. The van der Waals surface area contributed by atoms with Crippen LogP contribution in [0.4, 0.5) is 0 Å². The third kappa shape index (κ3) is 3.16. The van der Waals surface area contributed by atoms with Crippen LogP contribution in [0.5, 0.6) is 0 Å². The molecule has 0 bridgehead atoms. The molecule has 2 nitrogen and oxygen atoms in total. The van der Waals surface area contributed by atoms with Crippen LogP contribution in [0, 0.1) is 11.8 Å². The average molecular weight is 232 g/mol. The van der Waals surface area contributed by atoms with E-state index in [4.69, 9.17) is 4.74 Å². The fraction of sp³-hybridized carbons (Fsp3) is 0.533. The molecule has 2 heteroatoms. The minimum absolute atomic E-state index is 0.261. The topological polar surface area (TPSA) is 26.3 Å². The molecule has 0 radical (unpaired) electrons. The Bertz CT molecular complexity index is 372. The van der Waals surface area contributed by atoms with Crippen molar-refractivity contribution >= 4 is 5.78 Å². The van der Waals surface area contributed by atoms with Crippen molar-refractivity contribution in [2.45, 2.75) is 25.7 Å². The van der Waals surface area contributed by atoms with Crippen molar-refractivity contribution < 1.29 is 9.53 Å².